The molecule has 0 atom stereocenters. The van der Waals surface area contributed by atoms with Crippen molar-refractivity contribution in [3.05, 3.63) is 30.1 Å². The summed E-state index contributed by atoms with van der Waals surface area (Å²) in [6.07, 6.45) is 2.56. The van der Waals surface area contributed by atoms with Crippen LogP contribution in [0.1, 0.15) is 36.2 Å². The number of hydrogen-bond donors (Lipinski definition) is 3. The van der Waals surface area contributed by atoms with E-state index in [1.807, 2.05) is 0 Å². The molecule has 1 aromatic rings. The van der Waals surface area contributed by atoms with Gasteiger partial charge >= 0.3 is 5.97 Å². The topological polar surface area (TPSA) is 108 Å². The van der Waals surface area contributed by atoms with Crippen molar-refractivity contribution in [2.45, 2.75) is 25.7 Å². The first-order valence-corrected chi connectivity index (χ1v) is 5.81. The van der Waals surface area contributed by atoms with Gasteiger partial charge in [-0.25, -0.2) is 0 Å². The second-order valence-electron chi connectivity index (χ2n) is 3.82. The number of carbonyl (C=O) groups is 3. The Kier molecular flexibility index (Phi) is 6.00. The van der Waals surface area contributed by atoms with Crippen molar-refractivity contribution >= 4 is 17.8 Å². The summed E-state index contributed by atoms with van der Waals surface area (Å²) in [5.74, 6) is -1.75. The third-order valence-corrected chi connectivity index (χ3v) is 2.26. The Hall–Kier alpha value is -2.44. The molecule has 0 aliphatic rings. The maximum Gasteiger partial charge on any atom is 0.303 e. The van der Waals surface area contributed by atoms with E-state index >= 15 is 0 Å². The monoisotopic (exact) mass is 265 g/mol. The predicted molar refractivity (Wildman–Crippen MR) is 65.9 cm³/mol. The minimum absolute atomic E-state index is 0.0353. The van der Waals surface area contributed by atoms with Crippen molar-refractivity contribution in [2.75, 3.05) is 0 Å². The number of carboxylic acid groups (broad SMARTS) is 1. The number of rotatable bonds is 6. The number of unbranched alkanes of at least 4 members (excludes halogenated alkanes) is 1. The number of amides is 2. The molecule has 0 saturated carbocycles. The lowest BCUT2D eigenvalue weighted by Crippen LogP contribution is -2.41. The highest BCUT2D eigenvalue weighted by molar-refractivity contribution is 5.93. The van der Waals surface area contributed by atoms with Gasteiger partial charge in [-0.3, -0.25) is 30.2 Å². The molecule has 0 unspecified atom stereocenters. The lowest BCUT2D eigenvalue weighted by atomic mass is 10.2. The van der Waals surface area contributed by atoms with E-state index in [-0.39, 0.29) is 24.4 Å². The van der Waals surface area contributed by atoms with Crippen LogP contribution in [0.5, 0.6) is 0 Å². The highest BCUT2D eigenvalue weighted by Crippen LogP contribution is 1.99. The van der Waals surface area contributed by atoms with Crippen molar-refractivity contribution in [3.8, 4) is 0 Å². The Morgan fingerprint density at radius 1 is 1.11 bits per heavy atom. The first-order valence-electron chi connectivity index (χ1n) is 5.81. The number of hydrogen-bond acceptors (Lipinski definition) is 4. The summed E-state index contributed by atoms with van der Waals surface area (Å²) in [6, 6.07) is 4.86. The van der Waals surface area contributed by atoms with Gasteiger partial charge in [0.25, 0.3) is 5.91 Å². The van der Waals surface area contributed by atoms with Gasteiger partial charge in [0.15, 0.2) is 0 Å². The Bertz CT molecular complexity index is 448. The Morgan fingerprint density at radius 2 is 1.84 bits per heavy atom. The molecular formula is C12H15N3O4. The van der Waals surface area contributed by atoms with Crippen molar-refractivity contribution in [1.82, 2.24) is 15.8 Å². The third kappa shape index (κ3) is 6.16. The summed E-state index contributed by atoms with van der Waals surface area (Å²) in [5, 5.41) is 8.42. The first kappa shape index (κ1) is 14.6. The van der Waals surface area contributed by atoms with E-state index in [1.165, 1.54) is 12.3 Å². The molecule has 0 aliphatic carbocycles. The van der Waals surface area contributed by atoms with Crippen LogP contribution in [0.4, 0.5) is 0 Å². The zero-order valence-corrected chi connectivity index (χ0v) is 10.3. The molecule has 0 bridgehead atoms. The van der Waals surface area contributed by atoms with E-state index in [0.717, 1.165) is 0 Å². The average Bonchev–Trinajstić information content (AvgIpc) is 2.41. The van der Waals surface area contributed by atoms with Gasteiger partial charge in [0, 0.05) is 19.0 Å². The van der Waals surface area contributed by atoms with Crippen LogP contribution in [-0.4, -0.2) is 27.9 Å². The Morgan fingerprint density at radius 3 is 2.47 bits per heavy atom. The fourth-order valence-electron chi connectivity index (χ4n) is 1.31. The maximum atomic E-state index is 11.5. The van der Waals surface area contributed by atoms with E-state index in [9.17, 15) is 14.4 Å². The molecule has 0 aliphatic heterocycles. The highest BCUT2D eigenvalue weighted by atomic mass is 16.4. The molecule has 0 fully saturated rings. The number of pyridine rings is 1. The van der Waals surface area contributed by atoms with E-state index in [4.69, 9.17) is 5.11 Å². The Labute approximate surface area is 110 Å². The smallest absolute Gasteiger partial charge is 0.303 e. The number of nitrogens with zero attached hydrogens (tertiary/aromatic N) is 1. The minimum atomic E-state index is -0.885. The van der Waals surface area contributed by atoms with Crippen LogP contribution in [0.25, 0.3) is 0 Å². The van der Waals surface area contributed by atoms with Crippen LogP contribution < -0.4 is 10.9 Å². The fraction of sp³-hybridized carbons (Fsp3) is 0.333. The van der Waals surface area contributed by atoms with Gasteiger partial charge in [-0.05, 0) is 25.0 Å². The molecule has 7 heteroatoms. The van der Waals surface area contributed by atoms with Crippen molar-refractivity contribution < 1.29 is 19.5 Å². The molecule has 102 valence electrons. The van der Waals surface area contributed by atoms with E-state index in [2.05, 4.69) is 15.8 Å². The summed E-state index contributed by atoms with van der Waals surface area (Å²) >= 11 is 0. The molecule has 3 N–H and O–H groups in total. The van der Waals surface area contributed by atoms with Gasteiger partial charge in [0.05, 0.1) is 0 Å². The Balaban J connectivity index is 2.20. The standard InChI is InChI=1S/C12H15N3O4/c16-10(6-1-2-7-11(17)18)14-15-12(19)9-5-3-4-8-13-9/h3-5,8H,1-2,6-7H2,(H,14,16)(H,15,19)(H,17,18). The zero-order valence-electron chi connectivity index (χ0n) is 10.3. The second kappa shape index (κ2) is 7.80. The van der Waals surface area contributed by atoms with Crippen LogP contribution in [0.15, 0.2) is 24.4 Å². The molecule has 2 amide bonds. The van der Waals surface area contributed by atoms with E-state index in [1.54, 1.807) is 12.1 Å². The average molecular weight is 265 g/mol. The summed E-state index contributed by atoms with van der Waals surface area (Å²) in [4.78, 5) is 36.9. The van der Waals surface area contributed by atoms with Crippen LogP contribution in [-0.2, 0) is 9.59 Å². The van der Waals surface area contributed by atoms with E-state index < -0.39 is 11.9 Å². The summed E-state index contributed by atoms with van der Waals surface area (Å²) in [7, 11) is 0. The first-order chi connectivity index (χ1) is 9.09. The maximum absolute atomic E-state index is 11.5. The quantitative estimate of drug-likeness (QED) is 0.512. The molecule has 7 nitrogen and oxygen atoms in total. The molecule has 1 aromatic heterocycles. The van der Waals surface area contributed by atoms with Crippen LogP contribution in [0, 0.1) is 0 Å². The molecule has 0 saturated heterocycles. The van der Waals surface area contributed by atoms with Crippen LogP contribution >= 0.6 is 0 Å². The van der Waals surface area contributed by atoms with Gasteiger partial charge in [0.1, 0.15) is 5.69 Å². The minimum Gasteiger partial charge on any atom is -0.481 e. The third-order valence-electron chi connectivity index (χ3n) is 2.26. The predicted octanol–water partition coefficient (Wildman–Crippen LogP) is 0.488. The molecule has 0 radical (unpaired) electrons. The molecule has 1 heterocycles. The molecule has 19 heavy (non-hydrogen) atoms. The van der Waals surface area contributed by atoms with Gasteiger partial charge < -0.3 is 5.11 Å². The molecule has 1 rings (SSSR count). The molecular weight excluding hydrogens is 250 g/mol. The largest absolute Gasteiger partial charge is 0.481 e. The number of nitrogens with one attached hydrogen (secondary N) is 2. The highest BCUT2D eigenvalue weighted by Gasteiger charge is 2.07. The van der Waals surface area contributed by atoms with Gasteiger partial charge in [-0.1, -0.05) is 6.07 Å². The van der Waals surface area contributed by atoms with Crippen molar-refractivity contribution in [1.29, 1.82) is 0 Å². The molecule has 0 aromatic carbocycles. The second-order valence-corrected chi connectivity index (χ2v) is 3.82. The summed E-state index contributed by atoms with van der Waals surface area (Å²) in [5.41, 5.74) is 4.68. The van der Waals surface area contributed by atoms with Crippen molar-refractivity contribution in [2.24, 2.45) is 0 Å². The lowest BCUT2D eigenvalue weighted by molar-refractivity contribution is -0.137. The molecule has 0 spiro atoms. The van der Waals surface area contributed by atoms with Crippen LogP contribution in [0.3, 0.4) is 0 Å². The number of carboxylic acids is 1. The van der Waals surface area contributed by atoms with Gasteiger partial charge in [-0.2, -0.15) is 0 Å². The van der Waals surface area contributed by atoms with Crippen LogP contribution in [0.2, 0.25) is 0 Å². The van der Waals surface area contributed by atoms with Crippen molar-refractivity contribution in [3.63, 3.8) is 0 Å². The lowest BCUT2D eigenvalue weighted by Gasteiger charge is -2.06. The zero-order chi connectivity index (χ0) is 14.1. The summed E-state index contributed by atoms with van der Waals surface area (Å²) in [6.45, 7) is 0. The summed E-state index contributed by atoms with van der Waals surface area (Å²) < 4.78 is 0. The number of aromatic nitrogens is 1. The fourth-order valence-corrected chi connectivity index (χ4v) is 1.31. The van der Waals surface area contributed by atoms with E-state index in [0.29, 0.717) is 12.8 Å². The normalized spacial score (nSPS) is 9.68. The number of hydrazine groups is 1. The number of aliphatic carboxylic acids is 1. The van der Waals surface area contributed by atoms with Gasteiger partial charge in [0.2, 0.25) is 5.91 Å². The SMILES string of the molecule is O=C(O)CCCCC(=O)NNC(=O)c1ccccn1. The van der Waals surface area contributed by atoms with Gasteiger partial charge in [-0.15, -0.1) is 0 Å². The number of carbonyl (C=O) groups excluding carboxylic acids is 2.